The van der Waals surface area contributed by atoms with Gasteiger partial charge in [0.2, 0.25) is 0 Å². The van der Waals surface area contributed by atoms with E-state index < -0.39 is 85.5 Å². The number of aliphatic hydroxyl groups excluding tert-OH is 2. The van der Waals surface area contributed by atoms with E-state index in [0.717, 1.165) is 57.8 Å². The molecule has 0 aliphatic carbocycles. The van der Waals surface area contributed by atoms with Crippen LogP contribution >= 0.6 is 0 Å². The maximum absolute atomic E-state index is 13.0. The molecule has 0 aromatic carbocycles. The van der Waals surface area contributed by atoms with Crippen LogP contribution in [0, 0.1) is 0 Å². The topological polar surface area (TPSA) is 182 Å². The molecule has 12 atom stereocenters. The predicted octanol–water partition coefficient (Wildman–Crippen LogP) is 7.00. The summed E-state index contributed by atoms with van der Waals surface area (Å²) in [5.41, 5.74) is 0. The lowest BCUT2D eigenvalue weighted by molar-refractivity contribution is -0.277. The number of carbonyl (C=O) groups excluding carboxylic acids is 2. The average molecular weight is 983 g/mol. The van der Waals surface area contributed by atoms with Crippen LogP contribution in [0.15, 0.2) is 25.3 Å². The van der Waals surface area contributed by atoms with Crippen molar-refractivity contribution in [3.05, 3.63) is 25.3 Å². The molecular formula is C46H80F6N2O13. The highest BCUT2D eigenvalue weighted by Gasteiger charge is 2.52. The van der Waals surface area contributed by atoms with Crippen LogP contribution in [0.5, 0.6) is 0 Å². The van der Waals surface area contributed by atoms with Crippen molar-refractivity contribution in [1.29, 1.82) is 0 Å². The molecular weight excluding hydrogens is 902 g/mol. The Bertz CT molecular complexity index is 1340. The molecule has 0 bridgehead atoms. The van der Waals surface area contributed by atoms with Gasteiger partial charge in [0.05, 0.1) is 38.1 Å². The first-order valence-corrected chi connectivity index (χ1v) is 23.5. The quantitative estimate of drug-likeness (QED) is 0.0300. The van der Waals surface area contributed by atoms with Crippen molar-refractivity contribution in [2.24, 2.45) is 0 Å². The smallest absolute Gasteiger partial charge is 0.388 e. The molecule has 2 aliphatic heterocycles. The Kier molecular flexibility index (Phi) is 32.5. The van der Waals surface area contributed by atoms with Gasteiger partial charge in [0.25, 0.3) is 0 Å². The van der Waals surface area contributed by atoms with E-state index in [2.05, 4.69) is 27.0 Å². The molecule has 2 saturated heterocycles. The van der Waals surface area contributed by atoms with Crippen molar-refractivity contribution >= 4 is 11.8 Å². The van der Waals surface area contributed by atoms with E-state index in [4.69, 9.17) is 42.6 Å². The molecule has 0 aromatic heterocycles. The molecule has 2 fully saturated rings. The summed E-state index contributed by atoms with van der Waals surface area (Å²) in [4.78, 5) is 23.3. The number of carbonyl (C=O) groups is 2. The van der Waals surface area contributed by atoms with Crippen molar-refractivity contribution < 1.29 is 88.8 Å². The first kappa shape index (κ1) is 62.6. The minimum atomic E-state index is -5.12. The molecule has 0 radical (unpaired) electrons. The number of aliphatic hydroxyl groups is 2. The summed E-state index contributed by atoms with van der Waals surface area (Å²) in [5, 5.41) is 25.2. The number of methoxy groups -OCH3 is 3. The number of halogens is 6. The number of unbranched alkanes of at least 4 members (excludes halogenated alkanes) is 8. The number of nitrogens with one attached hydrogen (secondary N) is 2. The van der Waals surface area contributed by atoms with Crippen LogP contribution < -0.4 is 10.6 Å². The van der Waals surface area contributed by atoms with Crippen LogP contribution in [0.2, 0.25) is 0 Å². The number of rotatable bonds is 33. The second kappa shape index (κ2) is 34.8. The lowest BCUT2D eigenvalue weighted by Crippen LogP contribution is -2.66. The van der Waals surface area contributed by atoms with Crippen LogP contribution in [0.1, 0.15) is 117 Å². The fraction of sp³-hybridized carbons (Fsp3) is 0.870. The van der Waals surface area contributed by atoms with Gasteiger partial charge in [0.1, 0.15) is 42.6 Å². The summed E-state index contributed by atoms with van der Waals surface area (Å²) in [6, 6.07) is -2.76. The minimum absolute atomic E-state index is 0.00785. The van der Waals surface area contributed by atoms with Crippen molar-refractivity contribution in [2.75, 3.05) is 54.4 Å². The summed E-state index contributed by atoms with van der Waals surface area (Å²) in [5.74, 6) is -4.33. The monoisotopic (exact) mass is 983 g/mol. The highest BCUT2D eigenvalue weighted by Crippen LogP contribution is 2.30. The fourth-order valence-electron chi connectivity index (χ4n) is 7.64. The molecule has 4 N–H and O–H groups in total. The highest BCUT2D eigenvalue weighted by molar-refractivity contribution is 5.82. The number of hydrogen-bond acceptors (Lipinski definition) is 13. The molecule has 2 amide bonds. The second-order valence-corrected chi connectivity index (χ2v) is 16.5. The largest absolute Gasteiger partial charge is 0.471 e. The van der Waals surface area contributed by atoms with Crippen LogP contribution in [0.4, 0.5) is 26.3 Å². The number of amides is 2. The molecule has 0 aromatic rings. The molecule has 0 spiro atoms. The van der Waals surface area contributed by atoms with Gasteiger partial charge < -0.3 is 63.5 Å². The summed E-state index contributed by atoms with van der Waals surface area (Å²) >= 11 is 0. The van der Waals surface area contributed by atoms with E-state index in [1.165, 1.54) is 38.5 Å². The average Bonchev–Trinajstić information content (AvgIpc) is 3.28. The van der Waals surface area contributed by atoms with Gasteiger partial charge in [-0.05, 0) is 32.1 Å². The molecule has 21 heteroatoms. The molecule has 2 rings (SSSR count). The van der Waals surface area contributed by atoms with Gasteiger partial charge in [-0.25, -0.2) is 0 Å². The molecule has 2 aliphatic rings. The van der Waals surface area contributed by atoms with Crippen molar-refractivity contribution in [3.8, 4) is 0 Å². The molecule has 0 saturated carbocycles. The Morgan fingerprint density at radius 3 is 1.34 bits per heavy atom. The van der Waals surface area contributed by atoms with Crippen molar-refractivity contribution in [2.45, 2.75) is 203 Å². The third kappa shape index (κ3) is 23.8. The van der Waals surface area contributed by atoms with Crippen molar-refractivity contribution in [3.63, 3.8) is 0 Å². The normalized spacial score (nSPS) is 26.5. The zero-order valence-corrected chi connectivity index (χ0v) is 40.3. The zero-order valence-electron chi connectivity index (χ0n) is 40.3. The lowest BCUT2D eigenvalue weighted by atomic mass is 9.94. The van der Waals surface area contributed by atoms with Crippen LogP contribution in [-0.4, -0.2) is 162 Å². The number of hydrogen-bond donors (Lipinski definition) is 4. The first-order chi connectivity index (χ1) is 31.9. The van der Waals surface area contributed by atoms with E-state index in [9.17, 15) is 46.1 Å². The van der Waals surface area contributed by atoms with Gasteiger partial charge in [-0.2, -0.15) is 26.3 Å². The lowest BCUT2D eigenvalue weighted by Gasteiger charge is -2.44. The van der Waals surface area contributed by atoms with Crippen molar-refractivity contribution in [1.82, 2.24) is 10.6 Å². The minimum Gasteiger partial charge on any atom is -0.388 e. The molecule has 15 nitrogen and oxygen atoms in total. The van der Waals surface area contributed by atoms with Gasteiger partial charge in [0, 0.05) is 34.5 Å². The van der Waals surface area contributed by atoms with E-state index in [-0.39, 0.29) is 45.2 Å². The number of alkyl halides is 6. The Morgan fingerprint density at radius 2 is 1.00 bits per heavy atom. The van der Waals surface area contributed by atoms with E-state index in [0.29, 0.717) is 19.3 Å². The van der Waals surface area contributed by atoms with Crippen LogP contribution in [0.25, 0.3) is 0 Å². The fourth-order valence-corrected chi connectivity index (χ4v) is 7.64. The van der Waals surface area contributed by atoms with Gasteiger partial charge >= 0.3 is 24.2 Å². The predicted molar refractivity (Wildman–Crippen MR) is 237 cm³/mol. The highest BCUT2D eigenvalue weighted by atomic mass is 19.4. The Hall–Kier alpha value is -2.44. The SMILES string of the molecule is C=CCO[C@H]1O[C@H](CC)[C@@H](O)[C@H](OCC[C@@H](CCCCCCC)OC)[C@H]1NC(=O)C(F)(F)F.C=CCO[C@H]1O[C@H](COC)[C@@H](O)[C@H](OCC[C@@H](CCCCCCC)OC)[C@H]1NC(=O)C(F)(F)F. The van der Waals surface area contributed by atoms with Gasteiger partial charge in [-0.1, -0.05) is 97.1 Å². The Morgan fingerprint density at radius 1 is 0.612 bits per heavy atom. The van der Waals surface area contributed by atoms with Gasteiger partial charge in [-0.3, -0.25) is 9.59 Å². The standard InChI is InChI=1S/C23H40F3NO7.C23H40F3NO6/c1-5-7-8-9-10-11-16(31-4)12-14-32-20-18(27-22(29)23(24,25)26)21(33-13-6-2)34-17(15-30-3)19(20)28;1-5-8-9-10-11-12-16(30-4)13-15-31-20-18(27-22(29)23(24,25)26)21(32-14-6-2)33-17(7-3)19(20)28/h6,16-21,28H,2,5,7-15H2,1,3-4H3,(H,27,29);6,16-21,28H,2,5,7-15H2,1,3-4H3,(H,27,29)/t2*16-,17-,18-,19-,20-,21+/m11/s1. The summed E-state index contributed by atoms with van der Waals surface area (Å²) in [7, 11) is 4.60. The maximum Gasteiger partial charge on any atom is 0.471 e. The Balaban J connectivity index is 0.000000670. The molecule has 67 heavy (non-hydrogen) atoms. The van der Waals surface area contributed by atoms with E-state index >= 15 is 0 Å². The summed E-state index contributed by atoms with van der Waals surface area (Å²) < 4.78 is 128. The Labute approximate surface area is 393 Å². The van der Waals surface area contributed by atoms with Gasteiger partial charge in [-0.15, -0.1) is 13.2 Å². The first-order valence-electron chi connectivity index (χ1n) is 23.5. The third-order valence-electron chi connectivity index (χ3n) is 11.4. The molecule has 2 heterocycles. The molecule has 0 unspecified atom stereocenters. The summed E-state index contributed by atoms with van der Waals surface area (Å²) in [6.45, 7) is 13.2. The van der Waals surface area contributed by atoms with E-state index in [1.54, 1.807) is 21.1 Å². The summed E-state index contributed by atoms with van der Waals surface area (Å²) in [6.07, 6.45) is -2.48. The van der Waals surface area contributed by atoms with Gasteiger partial charge in [0.15, 0.2) is 12.6 Å². The van der Waals surface area contributed by atoms with Crippen LogP contribution in [-0.2, 0) is 52.2 Å². The second-order valence-electron chi connectivity index (χ2n) is 16.5. The molecule has 394 valence electrons. The zero-order chi connectivity index (χ0) is 50.4. The van der Waals surface area contributed by atoms with E-state index in [1.807, 2.05) is 10.6 Å². The van der Waals surface area contributed by atoms with Crippen LogP contribution in [0.3, 0.4) is 0 Å². The maximum atomic E-state index is 13.0. The third-order valence-corrected chi connectivity index (χ3v) is 11.4. The number of ether oxygens (including phenoxy) is 9.